The lowest BCUT2D eigenvalue weighted by atomic mass is 10.2. The van der Waals surface area contributed by atoms with Crippen LogP contribution in [0.3, 0.4) is 0 Å². The second-order valence-corrected chi connectivity index (χ2v) is 4.20. The minimum absolute atomic E-state index is 0.364. The summed E-state index contributed by atoms with van der Waals surface area (Å²) >= 11 is 6.01. The fourth-order valence-corrected chi connectivity index (χ4v) is 1.30. The SMILES string of the molecule is CC(CNc1nccc(C#N)c1Cl)N(C)C. The highest BCUT2D eigenvalue weighted by Crippen LogP contribution is 2.22. The molecule has 5 heteroatoms. The summed E-state index contributed by atoms with van der Waals surface area (Å²) < 4.78 is 0. The van der Waals surface area contributed by atoms with Crippen LogP contribution in [0.25, 0.3) is 0 Å². The first-order chi connectivity index (χ1) is 7.56. The minimum atomic E-state index is 0.364. The Kier molecular flexibility index (Phi) is 4.53. The van der Waals surface area contributed by atoms with Crippen LogP contribution in [0.4, 0.5) is 5.82 Å². The molecule has 0 aliphatic heterocycles. The van der Waals surface area contributed by atoms with E-state index in [9.17, 15) is 0 Å². The molecule has 0 spiro atoms. The number of nitrogens with one attached hydrogen (secondary N) is 1. The molecule has 86 valence electrons. The highest BCUT2D eigenvalue weighted by atomic mass is 35.5. The van der Waals surface area contributed by atoms with Gasteiger partial charge in [-0.05, 0) is 27.1 Å². The van der Waals surface area contributed by atoms with Crippen molar-refractivity contribution in [3.8, 4) is 6.07 Å². The van der Waals surface area contributed by atoms with Crippen molar-refractivity contribution >= 4 is 17.4 Å². The van der Waals surface area contributed by atoms with Crippen LogP contribution in [0, 0.1) is 11.3 Å². The van der Waals surface area contributed by atoms with Crippen molar-refractivity contribution in [2.45, 2.75) is 13.0 Å². The quantitative estimate of drug-likeness (QED) is 0.872. The molecule has 0 bridgehead atoms. The zero-order chi connectivity index (χ0) is 12.1. The van der Waals surface area contributed by atoms with E-state index in [0.717, 1.165) is 6.54 Å². The van der Waals surface area contributed by atoms with Gasteiger partial charge in [0.2, 0.25) is 0 Å². The molecule has 0 aliphatic rings. The predicted molar refractivity (Wildman–Crippen MR) is 65.6 cm³/mol. The van der Waals surface area contributed by atoms with E-state index in [1.165, 1.54) is 0 Å². The highest BCUT2D eigenvalue weighted by molar-refractivity contribution is 6.34. The average Bonchev–Trinajstić information content (AvgIpc) is 2.27. The van der Waals surface area contributed by atoms with Crippen molar-refractivity contribution < 1.29 is 0 Å². The van der Waals surface area contributed by atoms with Crippen LogP contribution in [0.2, 0.25) is 5.02 Å². The monoisotopic (exact) mass is 238 g/mol. The second kappa shape index (κ2) is 5.69. The van der Waals surface area contributed by atoms with Gasteiger partial charge in [0.1, 0.15) is 16.9 Å². The Balaban J connectivity index is 2.72. The van der Waals surface area contributed by atoms with Gasteiger partial charge in [0.05, 0.1) is 5.56 Å². The summed E-state index contributed by atoms with van der Waals surface area (Å²) in [6, 6.07) is 3.99. The summed E-state index contributed by atoms with van der Waals surface area (Å²) in [6.45, 7) is 2.82. The molecular formula is C11H15ClN4. The summed E-state index contributed by atoms with van der Waals surface area (Å²) in [5.41, 5.74) is 0.441. The number of rotatable bonds is 4. The number of likely N-dealkylation sites (N-methyl/N-ethyl adjacent to an activating group) is 1. The maximum Gasteiger partial charge on any atom is 0.146 e. The molecule has 1 rings (SSSR count). The van der Waals surface area contributed by atoms with Crippen LogP contribution < -0.4 is 5.32 Å². The van der Waals surface area contributed by atoms with E-state index < -0.39 is 0 Å². The maximum absolute atomic E-state index is 8.81. The van der Waals surface area contributed by atoms with Crippen molar-refractivity contribution in [2.24, 2.45) is 0 Å². The van der Waals surface area contributed by atoms with E-state index in [1.807, 2.05) is 20.2 Å². The number of nitrogens with zero attached hydrogens (tertiary/aromatic N) is 3. The lowest BCUT2D eigenvalue weighted by Crippen LogP contribution is -2.31. The second-order valence-electron chi connectivity index (χ2n) is 3.83. The van der Waals surface area contributed by atoms with E-state index >= 15 is 0 Å². The molecule has 0 fully saturated rings. The summed E-state index contributed by atoms with van der Waals surface area (Å²) in [4.78, 5) is 6.20. The predicted octanol–water partition coefficient (Wildman–Crippen LogP) is 1.97. The normalized spacial score (nSPS) is 12.2. The third-order valence-corrected chi connectivity index (χ3v) is 2.84. The molecule has 0 saturated heterocycles. The van der Waals surface area contributed by atoms with Gasteiger partial charge in [0, 0.05) is 18.8 Å². The Labute approximate surface area is 101 Å². The molecule has 1 atom stereocenters. The summed E-state index contributed by atoms with van der Waals surface area (Å²) in [6.07, 6.45) is 1.58. The first-order valence-electron chi connectivity index (χ1n) is 5.01. The Morgan fingerprint density at radius 2 is 2.31 bits per heavy atom. The van der Waals surface area contributed by atoms with Gasteiger partial charge < -0.3 is 10.2 Å². The standard InChI is InChI=1S/C11H15ClN4/c1-8(16(2)3)7-15-11-10(12)9(6-13)4-5-14-11/h4-5,8H,7H2,1-3H3,(H,14,15). The Morgan fingerprint density at radius 1 is 1.62 bits per heavy atom. The van der Waals surface area contributed by atoms with Gasteiger partial charge in [-0.15, -0.1) is 0 Å². The molecule has 0 amide bonds. The average molecular weight is 239 g/mol. The third-order valence-electron chi connectivity index (χ3n) is 2.46. The van der Waals surface area contributed by atoms with Crippen LogP contribution in [0.5, 0.6) is 0 Å². The van der Waals surface area contributed by atoms with E-state index in [4.69, 9.17) is 16.9 Å². The van der Waals surface area contributed by atoms with Crippen LogP contribution in [0.15, 0.2) is 12.3 Å². The Hall–Kier alpha value is -1.31. The van der Waals surface area contributed by atoms with E-state index in [1.54, 1.807) is 12.3 Å². The Morgan fingerprint density at radius 3 is 2.88 bits per heavy atom. The molecule has 1 aromatic rings. The van der Waals surface area contributed by atoms with Gasteiger partial charge in [-0.2, -0.15) is 5.26 Å². The number of aromatic nitrogens is 1. The van der Waals surface area contributed by atoms with Gasteiger partial charge in [0.25, 0.3) is 0 Å². The lowest BCUT2D eigenvalue weighted by Gasteiger charge is -2.20. The third kappa shape index (κ3) is 3.09. The van der Waals surface area contributed by atoms with E-state index in [0.29, 0.717) is 22.4 Å². The number of hydrogen-bond acceptors (Lipinski definition) is 4. The van der Waals surface area contributed by atoms with Gasteiger partial charge in [-0.3, -0.25) is 0 Å². The molecule has 0 radical (unpaired) electrons. The molecule has 0 aliphatic carbocycles. The number of halogens is 1. The number of pyridine rings is 1. The van der Waals surface area contributed by atoms with Crippen molar-refractivity contribution in [3.05, 3.63) is 22.8 Å². The maximum atomic E-state index is 8.81. The molecule has 4 nitrogen and oxygen atoms in total. The lowest BCUT2D eigenvalue weighted by molar-refractivity contribution is 0.326. The van der Waals surface area contributed by atoms with Gasteiger partial charge in [-0.1, -0.05) is 11.6 Å². The van der Waals surface area contributed by atoms with Crippen molar-refractivity contribution in [3.63, 3.8) is 0 Å². The molecule has 1 aromatic heterocycles. The summed E-state index contributed by atoms with van der Waals surface area (Å²) in [5.74, 6) is 0.564. The topological polar surface area (TPSA) is 52.0 Å². The molecule has 1 unspecified atom stereocenters. The first kappa shape index (κ1) is 12.8. The molecule has 0 saturated carbocycles. The minimum Gasteiger partial charge on any atom is -0.367 e. The van der Waals surface area contributed by atoms with Crippen molar-refractivity contribution in [1.29, 1.82) is 5.26 Å². The van der Waals surface area contributed by atoms with E-state index in [-0.39, 0.29) is 0 Å². The van der Waals surface area contributed by atoms with Crippen LogP contribution in [0.1, 0.15) is 12.5 Å². The summed E-state index contributed by atoms with van der Waals surface area (Å²) in [5, 5.41) is 12.3. The fraction of sp³-hybridized carbons (Fsp3) is 0.455. The van der Waals surface area contributed by atoms with E-state index in [2.05, 4.69) is 22.1 Å². The van der Waals surface area contributed by atoms with Crippen LogP contribution in [-0.2, 0) is 0 Å². The fourth-order valence-electron chi connectivity index (χ4n) is 1.08. The highest BCUT2D eigenvalue weighted by Gasteiger charge is 2.09. The largest absolute Gasteiger partial charge is 0.367 e. The van der Waals surface area contributed by atoms with Crippen molar-refractivity contribution in [2.75, 3.05) is 26.0 Å². The molecular weight excluding hydrogens is 224 g/mol. The Bertz CT molecular complexity index is 397. The van der Waals surface area contributed by atoms with Crippen LogP contribution >= 0.6 is 11.6 Å². The van der Waals surface area contributed by atoms with Gasteiger partial charge in [-0.25, -0.2) is 4.98 Å². The number of nitriles is 1. The zero-order valence-electron chi connectivity index (χ0n) is 9.66. The first-order valence-corrected chi connectivity index (χ1v) is 5.39. The zero-order valence-corrected chi connectivity index (χ0v) is 10.4. The molecule has 0 aromatic carbocycles. The number of hydrogen-bond donors (Lipinski definition) is 1. The van der Waals surface area contributed by atoms with Gasteiger partial charge >= 0.3 is 0 Å². The number of anilines is 1. The van der Waals surface area contributed by atoms with Gasteiger partial charge in [0.15, 0.2) is 0 Å². The molecule has 1 heterocycles. The molecule has 16 heavy (non-hydrogen) atoms. The van der Waals surface area contributed by atoms with Crippen molar-refractivity contribution in [1.82, 2.24) is 9.88 Å². The summed E-state index contributed by atoms with van der Waals surface area (Å²) in [7, 11) is 4.01. The molecule has 1 N–H and O–H groups in total. The smallest absolute Gasteiger partial charge is 0.146 e. The van der Waals surface area contributed by atoms with Crippen LogP contribution in [-0.4, -0.2) is 36.6 Å².